The third kappa shape index (κ3) is 3.80. The molecular weight excluding hydrogens is 318 g/mol. The topological polar surface area (TPSA) is 115 Å². The standard InChI is InChI=1S/C15H15N3O6/c19-13-3-5-18(15(21)16-13)6-4-14(20)23-9-10-8-12(24-17-10)11-2-1-7-22-11/h1-2,7-8H,3-6,9H2,(H,16,19,21). The minimum atomic E-state index is -0.487. The van der Waals surface area contributed by atoms with Gasteiger partial charge in [-0.3, -0.25) is 14.9 Å². The second kappa shape index (κ2) is 6.99. The first-order valence-electron chi connectivity index (χ1n) is 7.35. The molecule has 9 heteroatoms. The van der Waals surface area contributed by atoms with Gasteiger partial charge in [0.15, 0.2) is 5.76 Å². The zero-order valence-corrected chi connectivity index (χ0v) is 12.7. The number of hydrogen-bond acceptors (Lipinski definition) is 7. The lowest BCUT2D eigenvalue weighted by Crippen LogP contribution is -2.49. The summed E-state index contributed by atoms with van der Waals surface area (Å²) in [4.78, 5) is 35.7. The van der Waals surface area contributed by atoms with Crippen molar-refractivity contribution in [2.75, 3.05) is 13.1 Å². The molecule has 1 fully saturated rings. The normalized spacial score (nSPS) is 14.6. The lowest BCUT2D eigenvalue weighted by atomic mass is 10.3. The van der Waals surface area contributed by atoms with E-state index in [0.29, 0.717) is 23.8 Å². The number of carbonyl (C=O) groups excluding carboxylic acids is 3. The van der Waals surface area contributed by atoms with E-state index in [9.17, 15) is 14.4 Å². The first kappa shape index (κ1) is 15.8. The molecule has 2 aromatic rings. The number of nitrogens with zero attached hydrogens (tertiary/aromatic N) is 2. The van der Waals surface area contributed by atoms with Crippen LogP contribution in [0.1, 0.15) is 18.5 Å². The van der Waals surface area contributed by atoms with E-state index in [4.69, 9.17) is 13.7 Å². The Morgan fingerprint density at radius 3 is 3.00 bits per heavy atom. The van der Waals surface area contributed by atoms with Gasteiger partial charge < -0.3 is 18.6 Å². The van der Waals surface area contributed by atoms with Crippen molar-refractivity contribution in [2.45, 2.75) is 19.4 Å². The molecule has 1 N–H and O–H groups in total. The molecule has 1 aliphatic heterocycles. The average Bonchev–Trinajstić information content (AvgIpc) is 3.23. The zero-order valence-electron chi connectivity index (χ0n) is 12.7. The fourth-order valence-electron chi connectivity index (χ4n) is 2.18. The fourth-order valence-corrected chi connectivity index (χ4v) is 2.18. The van der Waals surface area contributed by atoms with Crippen LogP contribution in [0.3, 0.4) is 0 Å². The van der Waals surface area contributed by atoms with Gasteiger partial charge in [0.2, 0.25) is 11.7 Å². The highest BCUT2D eigenvalue weighted by atomic mass is 16.5. The third-order valence-electron chi connectivity index (χ3n) is 3.43. The molecule has 0 spiro atoms. The van der Waals surface area contributed by atoms with Gasteiger partial charge in [-0.2, -0.15) is 0 Å². The molecular formula is C15H15N3O6. The molecule has 126 valence electrons. The maximum absolute atomic E-state index is 11.7. The minimum Gasteiger partial charge on any atom is -0.461 e. The SMILES string of the molecule is O=C1CCN(CCC(=O)OCc2cc(-c3ccco3)on2)C(=O)N1. The number of imide groups is 1. The summed E-state index contributed by atoms with van der Waals surface area (Å²) < 4.78 is 15.4. The number of esters is 1. The Balaban J connectivity index is 1.43. The summed E-state index contributed by atoms with van der Waals surface area (Å²) in [5.74, 6) is 0.200. The highest BCUT2D eigenvalue weighted by Crippen LogP contribution is 2.20. The van der Waals surface area contributed by atoms with Crippen LogP contribution in [0.15, 0.2) is 33.4 Å². The van der Waals surface area contributed by atoms with Crippen molar-refractivity contribution >= 4 is 17.9 Å². The number of amides is 3. The molecule has 0 unspecified atom stereocenters. The number of nitrogens with one attached hydrogen (secondary N) is 1. The predicted molar refractivity (Wildman–Crippen MR) is 78.3 cm³/mol. The molecule has 0 aliphatic carbocycles. The van der Waals surface area contributed by atoms with Crippen molar-refractivity contribution in [3.63, 3.8) is 0 Å². The highest BCUT2D eigenvalue weighted by molar-refractivity contribution is 5.96. The molecule has 3 rings (SSSR count). The average molecular weight is 333 g/mol. The Bertz CT molecular complexity index is 736. The Morgan fingerprint density at radius 2 is 2.25 bits per heavy atom. The molecule has 0 radical (unpaired) electrons. The van der Waals surface area contributed by atoms with Gasteiger partial charge in [-0.1, -0.05) is 5.16 Å². The Morgan fingerprint density at radius 1 is 1.38 bits per heavy atom. The lowest BCUT2D eigenvalue weighted by molar-refractivity contribution is -0.145. The van der Waals surface area contributed by atoms with Crippen LogP contribution in [0.2, 0.25) is 0 Å². The van der Waals surface area contributed by atoms with Crippen molar-refractivity contribution in [2.24, 2.45) is 0 Å². The van der Waals surface area contributed by atoms with Gasteiger partial charge in [-0.25, -0.2) is 4.79 Å². The predicted octanol–water partition coefficient (Wildman–Crippen LogP) is 1.31. The minimum absolute atomic E-state index is 0.0322. The molecule has 0 atom stereocenters. The van der Waals surface area contributed by atoms with Crippen LogP contribution >= 0.6 is 0 Å². The summed E-state index contributed by atoms with van der Waals surface area (Å²) in [5.41, 5.74) is 0.455. The Hall–Kier alpha value is -3.10. The lowest BCUT2D eigenvalue weighted by Gasteiger charge is -2.25. The van der Waals surface area contributed by atoms with Gasteiger partial charge in [0, 0.05) is 25.6 Å². The van der Waals surface area contributed by atoms with Crippen molar-refractivity contribution in [1.82, 2.24) is 15.4 Å². The van der Waals surface area contributed by atoms with E-state index < -0.39 is 12.0 Å². The van der Waals surface area contributed by atoms with Crippen LogP contribution < -0.4 is 5.32 Å². The van der Waals surface area contributed by atoms with Crippen LogP contribution in [0.5, 0.6) is 0 Å². The third-order valence-corrected chi connectivity index (χ3v) is 3.43. The van der Waals surface area contributed by atoms with E-state index in [1.807, 2.05) is 0 Å². The van der Waals surface area contributed by atoms with Crippen molar-refractivity contribution < 1.29 is 28.1 Å². The van der Waals surface area contributed by atoms with E-state index in [1.165, 1.54) is 11.2 Å². The van der Waals surface area contributed by atoms with E-state index in [1.54, 1.807) is 18.2 Å². The number of rotatable bonds is 6. The molecule has 0 aromatic carbocycles. The number of ether oxygens (including phenoxy) is 1. The van der Waals surface area contributed by atoms with Gasteiger partial charge >= 0.3 is 12.0 Å². The van der Waals surface area contributed by atoms with Gasteiger partial charge in [-0.05, 0) is 12.1 Å². The smallest absolute Gasteiger partial charge is 0.324 e. The summed E-state index contributed by atoms with van der Waals surface area (Å²) >= 11 is 0. The second-order valence-electron chi connectivity index (χ2n) is 5.16. The number of carbonyl (C=O) groups is 3. The number of aromatic nitrogens is 1. The summed E-state index contributed by atoms with van der Waals surface area (Å²) in [6.07, 6.45) is 1.78. The number of urea groups is 1. The van der Waals surface area contributed by atoms with Crippen molar-refractivity contribution in [3.8, 4) is 11.5 Å². The summed E-state index contributed by atoms with van der Waals surface area (Å²) in [5, 5.41) is 5.98. The summed E-state index contributed by atoms with van der Waals surface area (Å²) in [6, 6.07) is 4.58. The maximum atomic E-state index is 11.7. The van der Waals surface area contributed by atoms with Gasteiger partial charge in [-0.15, -0.1) is 0 Å². The molecule has 1 saturated heterocycles. The molecule has 0 saturated carbocycles. The van der Waals surface area contributed by atoms with Crippen LogP contribution in [-0.4, -0.2) is 41.1 Å². The highest BCUT2D eigenvalue weighted by Gasteiger charge is 2.23. The first-order chi connectivity index (χ1) is 11.6. The van der Waals surface area contributed by atoms with Gasteiger partial charge in [0.05, 0.1) is 12.7 Å². The quantitative estimate of drug-likeness (QED) is 0.792. The molecule has 3 heterocycles. The second-order valence-corrected chi connectivity index (χ2v) is 5.16. The summed E-state index contributed by atoms with van der Waals surface area (Å²) in [6.45, 7) is 0.454. The van der Waals surface area contributed by atoms with Crippen molar-refractivity contribution in [1.29, 1.82) is 0 Å². The van der Waals surface area contributed by atoms with E-state index in [-0.39, 0.29) is 31.9 Å². The van der Waals surface area contributed by atoms with E-state index in [0.717, 1.165) is 0 Å². The molecule has 9 nitrogen and oxygen atoms in total. The molecule has 0 bridgehead atoms. The van der Waals surface area contributed by atoms with Crippen LogP contribution in [0.25, 0.3) is 11.5 Å². The van der Waals surface area contributed by atoms with Crippen molar-refractivity contribution in [3.05, 3.63) is 30.2 Å². The first-order valence-corrected chi connectivity index (χ1v) is 7.35. The van der Waals surface area contributed by atoms with E-state index >= 15 is 0 Å². The van der Waals surface area contributed by atoms with Gasteiger partial charge in [0.1, 0.15) is 12.3 Å². The fraction of sp³-hybridized carbons (Fsp3) is 0.333. The van der Waals surface area contributed by atoms with Crippen LogP contribution in [-0.2, 0) is 20.9 Å². The number of furan rings is 1. The molecule has 1 aliphatic rings. The monoisotopic (exact) mass is 333 g/mol. The Labute approximate surface area is 136 Å². The van der Waals surface area contributed by atoms with Crippen LogP contribution in [0.4, 0.5) is 4.79 Å². The molecule has 2 aromatic heterocycles. The van der Waals surface area contributed by atoms with Gasteiger partial charge in [0.25, 0.3) is 0 Å². The number of hydrogen-bond donors (Lipinski definition) is 1. The van der Waals surface area contributed by atoms with Crippen LogP contribution in [0, 0.1) is 0 Å². The largest absolute Gasteiger partial charge is 0.461 e. The molecule has 3 amide bonds. The summed E-state index contributed by atoms with van der Waals surface area (Å²) in [7, 11) is 0. The maximum Gasteiger partial charge on any atom is 0.324 e. The Kier molecular flexibility index (Phi) is 4.59. The zero-order chi connectivity index (χ0) is 16.9. The molecule has 24 heavy (non-hydrogen) atoms. The van der Waals surface area contributed by atoms with E-state index in [2.05, 4.69) is 10.5 Å².